The Hall–Kier alpha value is -1.57. The lowest BCUT2D eigenvalue weighted by molar-refractivity contribution is -0.125. The van der Waals surface area contributed by atoms with E-state index in [0.717, 1.165) is 5.56 Å². The lowest BCUT2D eigenvalue weighted by atomic mass is 9.87. The van der Waals surface area contributed by atoms with Gasteiger partial charge in [-0.1, -0.05) is 51.6 Å². The molecular formula is C15H21NO. The minimum absolute atomic E-state index is 0.0510. The van der Waals surface area contributed by atoms with Crippen molar-refractivity contribution in [1.82, 2.24) is 4.90 Å². The van der Waals surface area contributed by atoms with Crippen LogP contribution < -0.4 is 0 Å². The van der Waals surface area contributed by atoms with Crippen LogP contribution in [0.1, 0.15) is 31.9 Å². The maximum absolute atomic E-state index is 11.4. The molecule has 0 saturated carbocycles. The molecule has 2 nitrogen and oxygen atoms in total. The van der Waals surface area contributed by atoms with Crippen LogP contribution in [0.3, 0.4) is 0 Å². The highest BCUT2D eigenvalue weighted by atomic mass is 16.2. The molecule has 0 aliphatic rings. The molecule has 0 aliphatic carbocycles. The largest absolute Gasteiger partial charge is 0.338 e. The van der Waals surface area contributed by atoms with Gasteiger partial charge in [-0.2, -0.15) is 0 Å². The summed E-state index contributed by atoms with van der Waals surface area (Å²) in [4.78, 5) is 13.0. The minimum Gasteiger partial charge on any atom is -0.338 e. The van der Waals surface area contributed by atoms with Crippen molar-refractivity contribution in [2.45, 2.75) is 32.7 Å². The topological polar surface area (TPSA) is 20.3 Å². The van der Waals surface area contributed by atoms with E-state index in [9.17, 15) is 4.79 Å². The predicted molar refractivity (Wildman–Crippen MR) is 71.8 cm³/mol. The molecule has 0 unspecified atom stereocenters. The zero-order chi connectivity index (χ0) is 13.1. The highest BCUT2D eigenvalue weighted by molar-refractivity contribution is 5.86. The first-order valence-electron chi connectivity index (χ1n) is 5.81. The van der Waals surface area contributed by atoms with Gasteiger partial charge in [-0.05, 0) is 22.6 Å². The third-order valence-electron chi connectivity index (χ3n) is 2.79. The van der Waals surface area contributed by atoms with Gasteiger partial charge >= 0.3 is 0 Å². The molecule has 0 heterocycles. The molecule has 1 amide bonds. The van der Waals surface area contributed by atoms with Crippen LogP contribution in [0.25, 0.3) is 0 Å². The highest BCUT2D eigenvalue weighted by Crippen LogP contribution is 2.22. The Kier molecular flexibility index (Phi) is 4.11. The van der Waals surface area contributed by atoms with Gasteiger partial charge in [-0.25, -0.2) is 0 Å². The molecule has 92 valence electrons. The van der Waals surface area contributed by atoms with E-state index < -0.39 is 0 Å². The third-order valence-corrected chi connectivity index (χ3v) is 2.79. The molecule has 0 N–H and O–H groups in total. The number of carbonyl (C=O) groups excluding carboxylic acids is 1. The van der Waals surface area contributed by atoms with Gasteiger partial charge in [0, 0.05) is 13.6 Å². The fraction of sp³-hybridized carbons (Fsp3) is 0.400. The Morgan fingerprint density at radius 3 is 2.24 bits per heavy atom. The first-order chi connectivity index (χ1) is 7.84. The van der Waals surface area contributed by atoms with Gasteiger partial charge < -0.3 is 4.90 Å². The fourth-order valence-electron chi connectivity index (χ4n) is 1.62. The SMILES string of the molecule is C=CC(=O)N(C)Cc1ccc(C(C)(C)C)cc1. The second-order valence-electron chi connectivity index (χ2n) is 5.35. The molecule has 0 fully saturated rings. The standard InChI is InChI=1S/C15H21NO/c1-6-14(17)16(5)11-12-7-9-13(10-8-12)15(2,3)4/h6-10H,1,11H2,2-5H3. The lowest BCUT2D eigenvalue weighted by Crippen LogP contribution is -2.23. The van der Waals surface area contributed by atoms with Gasteiger partial charge in [-0.15, -0.1) is 0 Å². The molecule has 0 bridgehead atoms. The summed E-state index contributed by atoms with van der Waals surface area (Å²) >= 11 is 0. The van der Waals surface area contributed by atoms with E-state index in [1.165, 1.54) is 11.6 Å². The molecule has 2 heteroatoms. The van der Waals surface area contributed by atoms with Crippen LogP contribution in [0.2, 0.25) is 0 Å². The van der Waals surface area contributed by atoms with Crippen molar-refractivity contribution in [3.05, 3.63) is 48.0 Å². The average molecular weight is 231 g/mol. The molecule has 0 spiro atoms. The quantitative estimate of drug-likeness (QED) is 0.732. The molecule has 0 aromatic heterocycles. The number of hydrogen-bond donors (Lipinski definition) is 0. The molecular weight excluding hydrogens is 210 g/mol. The number of amides is 1. The second-order valence-corrected chi connectivity index (χ2v) is 5.35. The summed E-state index contributed by atoms with van der Waals surface area (Å²) in [5, 5.41) is 0. The normalized spacial score (nSPS) is 11.1. The van der Waals surface area contributed by atoms with Crippen LogP contribution in [0, 0.1) is 0 Å². The summed E-state index contributed by atoms with van der Waals surface area (Å²) in [6, 6.07) is 8.41. The zero-order valence-electron chi connectivity index (χ0n) is 11.2. The van der Waals surface area contributed by atoms with Crippen molar-refractivity contribution in [3.63, 3.8) is 0 Å². The number of nitrogens with zero attached hydrogens (tertiary/aromatic N) is 1. The van der Waals surface area contributed by atoms with Crippen LogP contribution >= 0.6 is 0 Å². The van der Waals surface area contributed by atoms with Gasteiger partial charge in [0.2, 0.25) is 5.91 Å². The van der Waals surface area contributed by atoms with Crippen LogP contribution in [0.4, 0.5) is 0 Å². The van der Waals surface area contributed by atoms with Gasteiger partial charge in [-0.3, -0.25) is 4.79 Å². The van der Waals surface area contributed by atoms with Crippen molar-refractivity contribution < 1.29 is 4.79 Å². The Labute approximate surface area is 104 Å². The van der Waals surface area contributed by atoms with Crippen LogP contribution in [-0.2, 0) is 16.8 Å². The van der Waals surface area contributed by atoms with Gasteiger partial charge in [0.05, 0.1) is 0 Å². The Balaban J connectivity index is 2.75. The molecule has 0 radical (unpaired) electrons. The zero-order valence-corrected chi connectivity index (χ0v) is 11.2. The maximum atomic E-state index is 11.4. The van der Waals surface area contributed by atoms with Crippen molar-refractivity contribution in [1.29, 1.82) is 0 Å². The Morgan fingerprint density at radius 1 is 1.29 bits per heavy atom. The fourth-order valence-corrected chi connectivity index (χ4v) is 1.62. The molecule has 1 rings (SSSR count). The van der Waals surface area contributed by atoms with Crippen molar-refractivity contribution in [2.24, 2.45) is 0 Å². The van der Waals surface area contributed by atoms with Crippen LogP contribution in [0.5, 0.6) is 0 Å². The van der Waals surface area contributed by atoms with Crippen molar-refractivity contribution in [3.8, 4) is 0 Å². The third kappa shape index (κ3) is 3.74. The highest BCUT2D eigenvalue weighted by Gasteiger charge is 2.13. The summed E-state index contributed by atoms with van der Waals surface area (Å²) in [7, 11) is 1.78. The first kappa shape index (κ1) is 13.5. The van der Waals surface area contributed by atoms with Crippen LogP contribution in [0.15, 0.2) is 36.9 Å². The van der Waals surface area contributed by atoms with Gasteiger partial charge in [0.25, 0.3) is 0 Å². The Morgan fingerprint density at radius 2 is 1.82 bits per heavy atom. The van der Waals surface area contributed by atoms with E-state index in [4.69, 9.17) is 0 Å². The minimum atomic E-state index is -0.0510. The molecule has 17 heavy (non-hydrogen) atoms. The molecule has 1 aromatic rings. The summed E-state index contributed by atoms with van der Waals surface area (Å²) in [5.74, 6) is -0.0510. The van der Waals surface area contributed by atoms with E-state index in [-0.39, 0.29) is 11.3 Å². The number of likely N-dealkylation sites (N-methyl/N-ethyl adjacent to an activating group) is 1. The maximum Gasteiger partial charge on any atom is 0.245 e. The van der Waals surface area contributed by atoms with Gasteiger partial charge in [0.1, 0.15) is 0 Å². The summed E-state index contributed by atoms with van der Waals surface area (Å²) in [6.45, 7) is 10.7. The number of hydrogen-bond acceptors (Lipinski definition) is 1. The van der Waals surface area contributed by atoms with Crippen molar-refractivity contribution in [2.75, 3.05) is 7.05 Å². The molecule has 0 atom stereocenters. The van der Waals surface area contributed by atoms with E-state index in [1.807, 2.05) is 0 Å². The van der Waals surface area contributed by atoms with E-state index in [0.29, 0.717) is 6.54 Å². The van der Waals surface area contributed by atoms with E-state index >= 15 is 0 Å². The van der Waals surface area contributed by atoms with Crippen molar-refractivity contribution >= 4 is 5.91 Å². The smallest absolute Gasteiger partial charge is 0.245 e. The monoisotopic (exact) mass is 231 g/mol. The summed E-state index contributed by atoms with van der Waals surface area (Å²) in [6.07, 6.45) is 1.34. The number of carbonyl (C=O) groups is 1. The van der Waals surface area contributed by atoms with E-state index in [2.05, 4.69) is 51.6 Å². The van der Waals surface area contributed by atoms with Crippen LogP contribution in [-0.4, -0.2) is 17.9 Å². The lowest BCUT2D eigenvalue weighted by Gasteiger charge is -2.20. The number of rotatable bonds is 3. The molecule has 0 saturated heterocycles. The predicted octanol–water partition coefficient (Wildman–Crippen LogP) is 3.13. The molecule has 0 aliphatic heterocycles. The summed E-state index contributed by atoms with van der Waals surface area (Å²) in [5.41, 5.74) is 2.61. The molecule has 1 aromatic carbocycles. The summed E-state index contributed by atoms with van der Waals surface area (Å²) < 4.78 is 0. The van der Waals surface area contributed by atoms with Gasteiger partial charge in [0.15, 0.2) is 0 Å². The second kappa shape index (κ2) is 5.17. The Bertz CT molecular complexity index is 398. The first-order valence-corrected chi connectivity index (χ1v) is 5.81. The average Bonchev–Trinajstić information content (AvgIpc) is 2.27. The number of benzene rings is 1. The van der Waals surface area contributed by atoms with E-state index in [1.54, 1.807) is 11.9 Å².